The highest BCUT2D eigenvalue weighted by Crippen LogP contribution is 2.33. The summed E-state index contributed by atoms with van der Waals surface area (Å²) in [4.78, 5) is 42.3. The van der Waals surface area contributed by atoms with Gasteiger partial charge in [0.15, 0.2) is 5.82 Å². The number of thiophene rings is 1. The number of aromatic nitrogens is 6. The summed E-state index contributed by atoms with van der Waals surface area (Å²) >= 11 is 1.38. The first kappa shape index (κ1) is 26.8. The van der Waals surface area contributed by atoms with Crippen molar-refractivity contribution < 1.29 is 9.53 Å². The fourth-order valence-electron chi connectivity index (χ4n) is 4.95. The maximum absolute atomic E-state index is 13.9. The molecule has 1 N–H and O–H groups in total. The van der Waals surface area contributed by atoms with E-state index in [0.29, 0.717) is 48.3 Å². The highest BCUT2D eigenvalue weighted by atomic mass is 32.1. The Labute approximate surface area is 229 Å². The van der Waals surface area contributed by atoms with Gasteiger partial charge >= 0.3 is 11.8 Å². The molecule has 206 valence electrons. The highest BCUT2D eigenvalue weighted by Gasteiger charge is 2.29. The van der Waals surface area contributed by atoms with Gasteiger partial charge in [-0.25, -0.2) is 9.59 Å². The van der Waals surface area contributed by atoms with Crippen molar-refractivity contribution in [1.29, 1.82) is 0 Å². The molecular formula is C27H33N7O4S. The third-order valence-electron chi connectivity index (χ3n) is 6.77. The van der Waals surface area contributed by atoms with Gasteiger partial charge in [-0.1, -0.05) is 30.3 Å². The monoisotopic (exact) mass is 551 g/mol. The fourth-order valence-corrected chi connectivity index (χ4v) is 6.06. The predicted molar refractivity (Wildman–Crippen MR) is 149 cm³/mol. The summed E-state index contributed by atoms with van der Waals surface area (Å²) in [6, 6.07) is 11.4. The van der Waals surface area contributed by atoms with Crippen LogP contribution < -0.4 is 16.6 Å². The van der Waals surface area contributed by atoms with Gasteiger partial charge in [-0.15, -0.1) is 21.5 Å². The molecule has 0 bridgehead atoms. The van der Waals surface area contributed by atoms with E-state index in [1.807, 2.05) is 64.1 Å². The molecule has 0 saturated heterocycles. The molecule has 5 rings (SSSR count). The van der Waals surface area contributed by atoms with Gasteiger partial charge in [-0.2, -0.15) is 4.80 Å². The zero-order valence-electron chi connectivity index (χ0n) is 22.6. The normalized spacial score (nSPS) is 17.8. The lowest BCUT2D eigenvalue weighted by molar-refractivity contribution is 0.0487. The molecule has 0 radical (unpaired) electrons. The number of ether oxygens (including phenoxy) is 1. The van der Waals surface area contributed by atoms with Gasteiger partial charge < -0.3 is 10.1 Å². The summed E-state index contributed by atoms with van der Waals surface area (Å²) in [5.74, 6) is 0.406. The molecular weight excluding hydrogens is 518 g/mol. The Balaban J connectivity index is 1.49. The van der Waals surface area contributed by atoms with E-state index in [2.05, 4.69) is 20.7 Å². The Morgan fingerprint density at radius 3 is 2.49 bits per heavy atom. The van der Waals surface area contributed by atoms with Crippen molar-refractivity contribution in [2.45, 2.75) is 84.2 Å². The number of alkyl carbamates (subject to hydrolysis) is 1. The number of fused-ring (bicyclic) bond motifs is 1. The van der Waals surface area contributed by atoms with Crippen LogP contribution in [0.5, 0.6) is 0 Å². The quantitative estimate of drug-likeness (QED) is 0.384. The van der Waals surface area contributed by atoms with Crippen molar-refractivity contribution in [2.75, 3.05) is 0 Å². The number of rotatable bonds is 6. The number of nitrogens with one attached hydrogen (secondary N) is 1. The predicted octanol–water partition coefficient (Wildman–Crippen LogP) is 3.95. The Morgan fingerprint density at radius 2 is 1.85 bits per heavy atom. The molecule has 0 aliphatic heterocycles. The van der Waals surface area contributed by atoms with E-state index in [0.717, 1.165) is 10.4 Å². The van der Waals surface area contributed by atoms with E-state index >= 15 is 0 Å². The van der Waals surface area contributed by atoms with Crippen LogP contribution in [-0.4, -0.2) is 47.1 Å². The minimum absolute atomic E-state index is 0.0718. The van der Waals surface area contributed by atoms with Crippen molar-refractivity contribution in [2.24, 2.45) is 0 Å². The van der Waals surface area contributed by atoms with Crippen molar-refractivity contribution in [3.8, 4) is 10.4 Å². The Hall–Kier alpha value is -3.80. The van der Waals surface area contributed by atoms with Gasteiger partial charge in [0.1, 0.15) is 10.3 Å². The van der Waals surface area contributed by atoms with Gasteiger partial charge in [0, 0.05) is 17.0 Å². The number of tetrazole rings is 1. The number of hydrogen-bond acceptors (Lipinski definition) is 8. The molecule has 4 aromatic rings. The second-order valence-electron chi connectivity index (χ2n) is 10.8. The topological polar surface area (TPSA) is 126 Å². The van der Waals surface area contributed by atoms with Crippen LogP contribution in [0.25, 0.3) is 20.7 Å². The first-order valence-electron chi connectivity index (χ1n) is 13.2. The standard InChI is InChI=1S/C27H33N7O4S/c1-5-33-30-22(29-31-33)16-32-20-15-21(17-9-7-6-8-10-17)39-23(20)24(35)34(26(32)37)19-13-11-18(12-14-19)28-25(36)38-27(2,3)4/h6-10,15,18-19H,5,11-14,16H2,1-4H3,(H,28,36). The third-order valence-corrected chi connectivity index (χ3v) is 7.93. The maximum Gasteiger partial charge on any atom is 0.407 e. The lowest BCUT2D eigenvalue weighted by Crippen LogP contribution is -2.45. The summed E-state index contributed by atoms with van der Waals surface area (Å²) in [6.07, 6.45) is 2.00. The van der Waals surface area contributed by atoms with Gasteiger partial charge in [-0.05, 0) is 70.2 Å². The molecule has 12 heteroatoms. The number of aryl methyl sites for hydroxylation is 1. The molecule has 11 nitrogen and oxygen atoms in total. The molecule has 1 fully saturated rings. The van der Waals surface area contributed by atoms with Gasteiger partial charge in [-0.3, -0.25) is 13.9 Å². The molecule has 3 heterocycles. The van der Waals surface area contributed by atoms with E-state index < -0.39 is 11.7 Å². The summed E-state index contributed by atoms with van der Waals surface area (Å²) in [5.41, 5.74) is 0.297. The molecule has 0 atom stereocenters. The van der Waals surface area contributed by atoms with Gasteiger partial charge in [0.25, 0.3) is 5.56 Å². The van der Waals surface area contributed by atoms with Crippen LogP contribution >= 0.6 is 11.3 Å². The molecule has 0 unspecified atom stereocenters. The van der Waals surface area contributed by atoms with Crippen LogP contribution in [0.4, 0.5) is 4.79 Å². The molecule has 0 spiro atoms. The zero-order chi connectivity index (χ0) is 27.7. The van der Waals surface area contributed by atoms with Crippen LogP contribution in [0.1, 0.15) is 65.2 Å². The second-order valence-corrected chi connectivity index (χ2v) is 11.8. The van der Waals surface area contributed by atoms with Crippen LogP contribution in [-0.2, 0) is 17.8 Å². The van der Waals surface area contributed by atoms with E-state index in [4.69, 9.17) is 4.74 Å². The SMILES string of the molecule is CCn1nnc(Cn2c(=O)n(C3CCC(NC(=O)OC(C)(C)C)CC3)c(=O)c3sc(-c4ccccc4)cc32)n1. The molecule has 39 heavy (non-hydrogen) atoms. The van der Waals surface area contributed by atoms with E-state index in [-0.39, 0.29) is 29.9 Å². The van der Waals surface area contributed by atoms with Crippen molar-refractivity contribution in [3.05, 3.63) is 63.1 Å². The van der Waals surface area contributed by atoms with Crippen molar-refractivity contribution in [1.82, 2.24) is 34.7 Å². The first-order valence-corrected chi connectivity index (χ1v) is 14.0. The molecule has 3 aromatic heterocycles. The third kappa shape index (κ3) is 5.80. The van der Waals surface area contributed by atoms with Crippen LogP contribution in [0.15, 0.2) is 46.0 Å². The molecule has 1 saturated carbocycles. The van der Waals surface area contributed by atoms with Gasteiger partial charge in [0.05, 0.1) is 18.6 Å². The van der Waals surface area contributed by atoms with Crippen LogP contribution in [0.3, 0.4) is 0 Å². The van der Waals surface area contributed by atoms with Crippen LogP contribution in [0, 0.1) is 0 Å². The maximum atomic E-state index is 13.9. The van der Waals surface area contributed by atoms with E-state index in [1.54, 1.807) is 4.57 Å². The van der Waals surface area contributed by atoms with Crippen molar-refractivity contribution >= 4 is 27.6 Å². The molecule has 1 amide bonds. The highest BCUT2D eigenvalue weighted by molar-refractivity contribution is 7.22. The molecule has 1 aromatic carbocycles. The van der Waals surface area contributed by atoms with E-state index in [1.165, 1.54) is 20.7 Å². The number of amides is 1. The Morgan fingerprint density at radius 1 is 1.13 bits per heavy atom. The number of carbonyl (C=O) groups excluding carboxylic acids is 1. The molecule has 1 aliphatic rings. The Kier molecular flexibility index (Phi) is 7.39. The number of carbonyl (C=O) groups is 1. The lowest BCUT2D eigenvalue weighted by atomic mass is 9.91. The summed E-state index contributed by atoms with van der Waals surface area (Å²) in [5, 5.41) is 15.4. The van der Waals surface area contributed by atoms with Crippen molar-refractivity contribution in [3.63, 3.8) is 0 Å². The minimum atomic E-state index is -0.578. The number of hydrogen-bond donors (Lipinski definition) is 1. The summed E-state index contributed by atoms with van der Waals surface area (Å²) in [6.45, 7) is 8.05. The minimum Gasteiger partial charge on any atom is -0.444 e. The number of nitrogens with zero attached hydrogens (tertiary/aromatic N) is 6. The van der Waals surface area contributed by atoms with Gasteiger partial charge in [0.2, 0.25) is 0 Å². The first-order chi connectivity index (χ1) is 18.6. The second kappa shape index (κ2) is 10.8. The molecule has 1 aliphatic carbocycles. The average Bonchev–Trinajstić information content (AvgIpc) is 3.55. The fraction of sp³-hybridized carbons (Fsp3) is 0.481. The average molecular weight is 552 g/mol. The summed E-state index contributed by atoms with van der Waals surface area (Å²) < 4.78 is 8.88. The smallest absolute Gasteiger partial charge is 0.407 e. The van der Waals surface area contributed by atoms with E-state index in [9.17, 15) is 14.4 Å². The Bertz CT molecular complexity index is 1590. The summed E-state index contributed by atoms with van der Waals surface area (Å²) in [7, 11) is 0. The lowest BCUT2D eigenvalue weighted by Gasteiger charge is -2.31. The zero-order valence-corrected chi connectivity index (χ0v) is 23.4. The largest absolute Gasteiger partial charge is 0.444 e. The van der Waals surface area contributed by atoms with Crippen LogP contribution in [0.2, 0.25) is 0 Å². The number of benzene rings is 1.